The zero-order chi connectivity index (χ0) is 12.8. The van der Waals surface area contributed by atoms with Crippen LogP contribution in [-0.2, 0) is 4.74 Å². The van der Waals surface area contributed by atoms with E-state index < -0.39 is 0 Å². The molecule has 1 unspecified atom stereocenters. The molecule has 100 valence electrons. The van der Waals surface area contributed by atoms with E-state index in [1.165, 1.54) is 43.7 Å². The van der Waals surface area contributed by atoms with Crippen molar-refractivity contribution in [2.24, 2.45) is 0 Å². The van der Waals surface area contributed by atoms with Crippen molar-refractivity contribution in [2.45, 2.75) is 32.3 Å². The summed E-state index contributed by atoms with van der Waals surface area (Å²) in [5.41, 5.74) is 2.51. The SMILES string of the molecule is COC(C)CNc1ccc(N2CCCCC2)cc1. The standard InChI is InChI=1S/C15H24N2O/c1-13(18-2)12-16-14-6-8-15(9-7-14)17-10-4-3-5-11-17/h6-9,13,16H,3-5,10-12H2,1-2H3. The van der Waals surface area contributed by atoms with Crippen LogP contribution >= 0.6 is 0 Å². The quantitative estimate of drug-likeness (QED) is 0.866. The summed E-state index contributed by atoms with van der Waals surface area (Å²) in [6, 6.07) is 8.74. The van der Waals surface area contributed by atoms with Gasteiger partial charge in [-0.2, -0.15) is 0 Å². The lowest BCUT2D eigenvalue weighted by atomic mass is 10.1. The molecule has 3 nitrogen and oxygen atoms in total. The van der Waals surface area contributed by atoms with Crippen molar-refractivity contribution >= 4 is 11.4 Å². The van der Waals surface area contributed by atoms with E-state index in [0.717, 1.165) is 6.54 Å². The molecule has 3 heteroatoms. The number of nitrogens with one attached hydrogen (secondary N) is 1. The van der Waals surface area contributed by atoms with Crippen LogP contribution in [0.4, 0.5) is 11.4 Å². The summed E-state index contributed by atoms with van der Waals surface area (Å²) in [7, 11) is 1.74. The highest BCUT2D eigenvalue weighted by atomic mass is 16.5. The number of methoxy groups -OCH3 is 1. The fourth-order valence-electron chi connectivity index (χ4n) is 2.29. The average molecular weight is 248 g/mol. The third kappa shape index (κ3) is 3.64. The van der Waals surface area contributed by atoms with E-state index in [-0.39, 0.29) is 6.10 Å². The Hall–Kier alpha value is -1.22. The summed E-state index contributed by atoms with van der Waals surface area (Å²) in [4.78, 5) is 2.48. The van der Waals surface area contributed by atoms with Gasteiger partial charge in [-0.15, -0.1) is 0 Å². The summed E-state index contributed by atoms with van der Waals surface area (Å²) in [5, 5.41) is 3.38. The van der Waals surface area contributed by atoms with Crippen LogP contribution in [0.15, 0.2) is 24.3 Å². The lowest BCUT2D eigenvalue weighted by Crippen LogP contribution is -2.29. The van der Waals surface area contributed by atoms with Gasteiger partial charge in [0.25, 0.3) is 0 Å². The molecule has 1 aliphatic rings. The Kier molecular flexibility index (Phi) is 4.88. The van der Waals surface area contributed by atoms with Gasteiger partial charge >= 0.3 is 0 Å². The third-order valence-electron chi connectivity index (χ3n) is 3.58. The second-order valence-electron chi connectivity index (χ2n) is 5.02. The summed E-state index contributed by atoms with van der Waals surface area (Å²) < 4.78 is 5.22. The van der Waals surface area contributed by atoms with Gasteiger partial charge in [0.1, 0.15) is 0 Å². The Morgan fingerprint density at radius 2 is 1.83 bits per heavy atom. The number of rotatable bonds is 5. The van der Waals surface area contributed by atoms with Crippen molar-refractivity contribution in [3.63, 3.8) is 0 Å². The van der Waals surface area contributed by atoms with Gasteiger partial charge in [0, 0.05) is 38.1 Å². The molecule has 1 saturated heterocycles. The molecule has 0 aliphatic carbocycles. The Labute approximate surface area is 110 Å². The van der Waals surface area contributed by atoms with Gasteiger partial charge in [-0.25, -0.2) is 0 Å². The van der Waals surface area contributed by atoms with E-state index in [0.29, 0.717) is 0 Å². The largest absolute Gasteiger partial charge is 0.382 e. The Balaban J connectivity index is 1.88. The van der Waals surface area contributed by atoms with Gasteiger partial charge in [0.15, 0.2) is 0 Å². The van der Waals surface area contributed by atoms with Crippen molar-refractivity contribution in [1.29, 1.82) is 0 Å². The van der Waals surface area contributed by atoms with Gasteiger partial charge in [-0.1, -0.05) is 0 Å². The van der Waals surface area contributed by atoms with Crippen molar-refractivity contribution in [2.75, 3.05) is 37.0 Å². The molecule has 1 aromatic rings. The molecule has 1 aliphatic heterocycles. The van der Waals surface area contributed by atoms with Crippen molar-refractivity contribution in [3.8, 4) is 0 Å². The van der Waals surface area contributed by atoms with E-state index >= 15 is 0 Å². The highest BCUT2D eigenvalue weighted by Crippen LogP contribution is 2.21. The molecule has 0 radical (unpaired) electrons. The topological polar surface area (TPSA) is 24.5 Å². The van der Waals surface area contributed by atoms with Crippen LogP contribution in [0.3, 0.4) is 0 Å². The molecule has 0 spiro atoms. The number of ether oxygens (including phenoxy) is 1. The smallest absolute Gasteiger partial charge is 0.0715 e. The lowest BCUT2D eigenvalue weighted by Gasteiger charge is -2.29. The summed E-state index contributed by atoms with van der Waals surface area (Å²) >= 11 is 0. The minimum absolute atomic E-state index is 0.242. The second-order valence-corrected chi connectivity index (χ2v) is 5.02. The minimum Gasteiger partial charge on any atom is -0.382 e. The molecular weight excluding hydrogens is 224 g/mol. The average Bonchev–Trinajstić information content (AvgIpc) is 2.46. The van der Waals surface area contributed by atoms with Crippen LogP contribution in [0.5, 0.6) is 0 Å². The van der Waals surface area contributed by atoms with Crippen molar-refractivity contribution in [3.05, 3.63) is 24.3 Å². The number of hydrogen-bond donors (Lipinski definition) is 1. The maximum atomic E-state index is 5.22. The lowest BCUT2D eigenvalue weighted by molar-refractivity contribution is 0.129. The highest BCUT2D eigenvalue weighted by molar-refractivity contribution is 5.55. The highest BCUT2D eigenvalue weighted by Gasteiger charge is 2.10. The molecule has 0 aromatic heterocycles. The van der Waals surface area contributed by atoms with Gasteiger partial charge in [0.05, 0.1) is 6.10 Å². The molecule has 0 bridgehead atoms. The minimum atomic E-state index is 0.242. The Morgan fingerprint density at radius 3 is 2.44 bits per heavy atom. The second kappa shape index (κ2) is 6.64. The third-order valence-corrected chi connectivity index (χ3v) is 3.58. The van der Waals surface area contributed by atoms with Gasteiger partial charge in [-0.3, -0.25) is 0 Å². The monoisotopic (exact) mass is 248 g/mol. The normalized spacial score (nSPS) is 17.6. The summed E-state index contributed by atoms with van der Waals surface area (Å²) in [6.07, 6.45) is 4.27. The van der Waals surface area contributed by atoms with Gasteiger partial charge in [-0.05, 0) is 50.5 Å². The maximum absolute atomic E-state index is 5.22. The Bertz CT molecular complexity index is 344. The Morgan fingerprint density at radius 1 is 1.17 bits per heavy atom. The predicted octanol–water partition coefficient (Wildman–Crippen LogP) is 3.12. The first-order valence-corrected chi connectivity index (χ1v) is 6.91. The van der Waals surface area contributed by atoms with E-state index in [9.17, 15) is 0 Å². The number of anilines is 2. The van der Waals surface area contributed by atoms with E-state index in [1.54, 1.807) is 7.11 Å². The van der Waals surface area contributed by atoms with Crippen LogP contribution in [0.25, 0.3) is 0 Å². The van der Waals surface area contributed by atoms with Crippen molar-refractivity contribution in [1.82, 2.24) is 0 Å². The predicted molar refractivity (Wildman–Crippen MR) is 77.5 cm³/mol. The number of hydrogen-bond acceptors (Lipinski definition) is 3. The summed E-state index contributed by atoms with van der Waals surface area (Å²) in [6.45, 7) is 5.32. The van der Waals surface area contributed by atoms with E-state index in [4.69, 9.17) is 4.74 Å². The van der Waals surface area contributed by atoms with Crippen LogP contribution in [0.2, 0.25) is 0 Å². The van der Waals surface area contributed by atoms with Crippen LogP contribution in [-0.4, -0.2) is 32.8 Å². The molecule has 0 saturated carbocycles. The zero-order valence-electron chi connectivity index (χ0n) is 11.5. The number of piperidine rings is 1. The fourth-order valence-corrected chi connectivity index (χ4v) is 2.29. The molecule has 1 heterocycles. The molecule has 1 aromatic carbocycles. The molecule has 0 amide bonds. The molecular formula is C15H24N2O. The number of nitrogens with zero attached hydrogens (tertiary/aromatic N) is 1. The summed E-state index contributed by atoms with van der Waals surface area (Å²) in [5.74, 6) is 0. The number of benzene rings is 1. The van der Waals surface area contributed by atoms with Crippen molar-refractivity contribution < 1.29 is 4.74 Å². The first kappa shape index (κ1) is 13.2. The first-order chi connectivity index (χ1) is 8.79. The molecule has 1 atom stereocenters. The zero-order valence-corrected chi connectivity index (χ0v) is 11.5. The van der Waals surface area contributed by atoms with E-state index in [1.807, 2.05) is 0 Å². The van der Waals surface area contributed by atoms with Crippen LogP contribution < -0.4 is 10.2 Å². The van der Waals surface area contributed by atoms with Gasteiger partial charge < -0.3 is 15.0 Å². The van der Waals surface area contributed by atoms with Crippen LogP contribution in [0.1, 0.15) is 26.2 Å². The maximum Gasteiger partial charge on any atom is 0.0715 e. The van der Waals surface area contributed by atoms with Crippen LogP contribution in [0, 0.1) is 0 Å². The molecule has 1 fully saturated rings. The molecule has 2 rings (SSSR count). The van der Waals surface area contributed by atoms with E-state index in [2.05, 4.69) is 41.4 Å². The molecule has 18 heavy (non-hydrogen) atoms. The van der Waals surface area contributed by atoms with Gasteiger partial charge in [0.2, 0.25) is 0 Å². The fraction of sp³-hybridized carbons (Fsp3) is 0.600. The molecule has 1 N–H and O–H groups in total. The first-order valence-electron chi connectivity index (χ1n) is 6.91.